The van der Waals surface area contributed by atoms with Gasteiger partial charge in [-0.05, 0) is 49.7 Å². The predicted molar refractivity (Wildman–Crippen MR) is 109 cm³/mol. The molecule has 30 heavy (non-hydrogen) atoms. The summed E-state index contributed by atoms with van der Waals surface area (Å²) in [5, 5.41) is 0. The van der Waals surface area contributed by atoms with Gasteiger partial charge in [0.1, 0.15) is 11.0 Å². The summed E-state index contributed by atoms with van der Waals surface area (Å²) in [6, 6.07) is 7.52. The Balaban J connectivity index is 1.89. The van der Waals surface area contributed by atoms with E-state index < -0.39 is 23.0 Å². The SMILES string of the molecule is COC(=O)C1=CC2CCCN3CC[C@]4(C3=O)c3ccccc3N(C(=O)OC)[C@]14CC2. The van der Waals surface area contributed by atoms with Gasteiger partial charge in [-0.25, -0.2) is 9.59 Å². The molecule has 2 saturated heterocycles. The number of anilines is 1. The van der Waals surface area contributed by atoms with E-state index in [1.807, 2.05) is 35.2 Å². The molecule has 0 N–H and O–H groups in total. The highest BCUT2D eigenvalue weighted by Gasteiger charge is 2.73. The van der Waals surface area contributed by atoms with Gasteiger partial charge in [0.15, 0.2) is 0 Å². The van der Waals surface area contributed by atoms with Crippen molar-refractivity contribution in [1.29, 1.82) is 0 Å². The molecule has 7 nitrogen and oxygen atoms in total. The second-order valence-electron chi connectivity index (χ2n) is 8.64. The summed E-state index contributed by atoms with van der Waals surface area (Å²) in [6.07, 6.45) is 5.08. The van der Waals surface area contributed by atoms with Crippen molar-refractivity contribution in [3.8, 4) is 0 Å². The number of allylic oxidation sites excluding steroid dienone is 1. The van der Waals surface area contributed by atoms with Crippen molar-refractivity contribution >= 4 is 23.7 Å². The van der Waals surface area contributed by atoms with E-state index in [9.17, 15) is 14.4 Å². The van der Waals surface area contributed by atoms with Gasteiger partial charge >= 0.3 is 12.1 Å². The Morgan fingerprint density at radius 3 is 2.63 bits per heavy atom. The van der Waals surface area contributed by atoms with Gasteiger partial charge in [0.25, 0.3) is 0 Å². The molecule has 7 heteroatoms. The molecule has 158 valence electrons. The minimum absolute atomic E-state index is 0.00324. The largest absolute Gasteiger partial charge is 0.466 e. The molecule has 0 radical (unpaired) electrons. The molecule has 4 bridgehead atoms. The maximum atomic E-state index is 14.1. The van der Waals surface area contributed by atoms with Crippen LogP contribution >= 0.6 is 0 Å². The molecule has 5 aliphatic rings. The van der Waals surface area contributed by atoms with E-state index in [4.69, 9.17) is 9.47 Å². The smallest absolute Gasteiger partial charge is 0.414 e. The lowest BCUT2D eigenvalue weighted by molar-refractivity contribution is -0.139. The molecule has 3 atom stereocenters. The van der Waals surface area contributed by atoms with Crippen molar-refractivity contribution in [3.05, 3.63) is 41.5 Å². The summed E-state index contributed by atoms with van der Waals surface area (Å²) in [5.74, 6) is -0.261. The van der Waals surface area contributed by atoms with Crippen LogP contribution in [-0.2, 0) is 24.5 Å². The Kier molecular flexibility index (Phi) is 4.21. The molecule has 4 aliphatic heterocycles. The molecule has 1 aromatic rings. The van der Waals surface area contributed by atoms with Crippen LogP contribution in [0.25, 0.3) is 0 Å². The number of hydrogen-bond acceptors (Lipinski definition) is 5. The quantitative estimate of drug-likeness (QED) is 0.666. The number of rotatable bonds is 1. The second-order valence-corrected chi connectivity index (χ2v) is 8.64. The first kappa shape index (κ1) is 19.2. The molecule has 1 aliphatic carbocycles. The Bertz CT molecular complexity index is 972. The fourth-order valence-electron chi connectivity index (χ4n) is 6.40. The highest BCUT2D eigenvalue weighted by molar-refractivity contribution is 6.09. The number of carbonyl (C=O) groups excluding carboxylic acids is 3. The standard InChI is InChI=1S/C23H26N2O5/c1-29-19(26)17-14-15-6-5-12-24-13-11-22(20(24)27)16-7-3-4-8-18(16)25(21(28)30-2)23(17,22)10-9-15/h3-4,7-8,14-15H,5-6,9-13H2,1-2H3/t15?,22-,23-/m1/s1. The number of hydrogen-bond donors (Lipinski definition) is 0. The molecular formula is C23H26N2O5. The van der Waals surface area contributed by atoms with Crippen LogP contribution in [0.5, 0.6) is 0 Å². The molecule has 2 fully saturated rings. The fraction of sp³-hybridized carbons (Fsp3) is 0.522. The molecule has 1 unspecified atom stereocenters. The third-order valence-electron chi connectivity index (χ3n) is 7.59. The molecule has 2 amide bonds. The van der Waals surface area contributed by atoms with Gasteiger partial charge in [-0.3, -0.25) is 9.69 Å². The second kappa shape index (κ2) is 6.59. The minimum atomic E-state index is -1.14. The van der Waals surface area contributed by atoms with Gasteiger partial charge in [0.05, 0.1) is 25.5 Å². The average Bonchev–Trinajstić information content (AvgIpc) is 3.21. The van der Waals surface area contributed by atoms with Crippen LogP contribution in [0.3, 0.4) is 0 Å². The van der Waals surface area contributed by atoms with Crippen LogP contribution < -0.4 is 4.90 Å². The van der Waals surface area contributed by atoms with E-state index in [-0.39, 0.29) is 11.8 Å². The molecule has 4 heterocycles. The van der Waals surface area contributed by atoms with Gasteiger partial charge < -0.3 is 14.4 Å². The minimum Gasteiger partial charge on any atom is -0.466 e. The summed E-state index contributed by atoms with van der Waals surface area (Å²) >= 11 is 0. The third kappa shape index (κ3) is 2.13. The van der Waals surface area contributed by atoms with E-state index >= 15 is 0 Å². The molecule has 0 saturated carbocycles. The number of ether oxygens (including phenoxy) is 2. The first-order valence-corrected chi connectivity index (χ1v) is 10.6. The molecule has 6 rings (SSSR count). The van der Waals surface area contributed by atoms with Crippen LogP contribution in [0.1, 0.15) is 37.7 Å². The Morgan fingerprint density at radius 2 is 1.87 bits per heavy atom. The number of carbonyl (C=O) groups is 3. The summed E-state index contributed by atoms with van der Waals surface area (Å²) in [4.78, 5) is 43.9. The topological polar surface area (TPSA) is 76.2 Å². The van der Waals surface area contributed by atoms with Gasteiger partial charge in [-0.2, -0.15) is 0 Å². The maximum Gasteiger partial charge on any atom is 0.414 e. The van der Waals surface area contributed by atoms with Crippen LogP contribution in [0, 0.1) is 5.92 Å². The number of fused-ring (bicyclic) bond motifs is 4. The van der Waals surface area contributed by atoms with Crippen LogP contribution in [0.15, 0.2) is 35.9 Å². The molecule has 1 aromatic carbocycles. The van der Waals surface area contributed by atoms with Gasteiger partial charge in [-0.1, -0.05) is 24.3 Å². The summed E-state index contributed by atoms with van der Waals surface area (Å²) in [6.45, 7) is 1.32. The number of para-hydroxylation sites is 1. The summed E-state index contributed by atoms with van der Waals surface area (Å²) < 4.78 is 10.4. The van der Waals surface area contributed by atoms with Crippen LogP contribution in [-0.4, -0.2) is 55.7 Å². The molecular weight excluding hydrogens is 384 g/mol. The van der Waals surface area contributed by atoms with Crippen molar-refractivity contribution in [2.75, 3.05) is 32.2 Å². The lowest BCUT2D eigenvalue weighted by atomic mass is 9.58. The summed E-state index contributed by atoms with van der Waals surface area (Å²) in [7, 11) is 2.69. The molecule has 2 spiro atoms. The lowest BCUT2D eigenvalue weighted by Crippen LogP contribution is -2.66. The molecule has 0 aromatic heterocycles. The number of methoxy groups -OCH3 is 2. The van der Waals surface area contributed by atoms with E-state index in [0.717, 1.165) is 24.8 Å². The van der Waals surface area contributed by atoms with Crippen LogP contribution in [0.2, 0.25) is 0 Å². The third-order valence-corrected chi connectivity index (χ3v) is 7.59. The fourth-order valence-corrected chi connectivity index (χ4v) is 6.40. The van der Waals surface area contributed by atoms with Crippen molar-refractivity contribution < 1.29 is 23.9 Å². The highest BCUT2D eigenvalue weighted by atomic mass is 16.5. The van der Waals surface area contributed by atoms with Gasteiger partial charge in [-0.15, -0.1) is 0 Å². The van der Waals surface area contributed by atoms with E-state index in [0.29, 0.717) is 37.2 Å². The Hall–Kier alpha value is -2.83. The zero-order valence-electron chi connectivity index (χ0n) is 17.3. The van der Waals surface area contributed by atoms with Gasteiger partial charge in [0, 0.05) is 13.1 Å². The highest BCUT2D eigenvalue weighted by Crippen LogP contribution is 2.63. The maximum absolute atomic E-state index is 14.1. The zero-order chi connectivity index (χ0) is 21.1. The summed E-state index contributed by atoms with van der Waals surface area (Å²) in [5.41, 5.74) is -0.292. The van der Waals surface area contributed by atoms with E-state index in [1.54, 1.807) is 4.90 Å². The first-order valence-electron chi connectivity index (χ1n) is 10.6. The van der Waals surface area contributed by atoms with Crippen LogP contribution in [0.4, 0.5) is 10.5 Å². The zero-order valence-corrected chi connectivity index (χ0v) is 17.3. The van der Waals surface area contributed by atoms with E-state index in [1.165, 1.54) is 14.2 Å². The lowest BCUT2D eigenvalue weighted by Gasteiger charge is -2.50. The number of esters is 1. The number of benzene rings is 1. The first-order chi connectivity index (χ1) is 14.5. The van der Waals surface area contributed by atoms with Crippen molar-refractivity contribution in [2.24, 2.45) is 5.92 Å². The van der Waals surface area contributed by atoms with Gasteiger partial charge in [0.2, 0.25) is 5.91 Å². The van der Waals surface area contributed by atoms with E-state index in [2.05, 4.69) is 0 Å². The Morgan fingerprint density at radius 1 is 1.07 bits per heavy atom. The Labute approximate surface area is 175 Å². The predicted octanol–water partition coefficient (Wildman–Crippen LogP) is 2.79. The monoisotopic (exact) mass is 410 g/mol. The average molecular weight is 410 g/mol. The number of nitrogens with zero attached hydrogens (tertiary/aromatic N) is 2. The van der Waals surface area contributed by atoms with Crippen molar-refractivity contribution in [1.82, 2.24) is 4.90 Å². The van der Waals surface area contributed by atoms with Crippen molar-refractivity contribution in [3.63, 3.8) is 0 Å². The number of amides is 2. The van der Waals surface area contributed by atoms with Crippen molar-refractivity contribution in [2.45, 2.75) is 43.1 Å². The normalized spacial score (nSPS) is 31.7.